The van der Waals surface area contributed by atoms with Crippen molar-refractivity contribution in [1.82, 2.24) is 4.31 Å². The molecule has 1 heterocycles. The largest absolute Gasteiger partial charge is 0.494 e. The zero-order valence-electron chi connectivity index (χ0n) is 17.0. The fourth-order valence-electron chi connectivity index (χ4n) is 3.30. The third kappa shape index (κ3) is 4.67. The Morgan fingerprint density at radius 1 is 0.929 bits per heavy atom. The van der Waals surface area contributed by atoms with Gasteiger partial charge in [0.05, 0.1) is 11.5 Å². The Kier molecular flexibility index (Phi) is 6.62. The second-order valence-electron chi connectivity index (χ2n) is 7.33. The molecule has 5 nitrogen and oxygen atoms in total. The molecule has 0 N–H and O–H groups in total. The van der Waals surface area contributed by atoms with Gasteiger partial charge in [-0.15, -0.1) is 0 Å². The number of anilines is 1. The number of benzene rings is 2. The van der Waals surface area contributed by atoms with Crippen LogP contribution in [0.3, 0.4) is 0 Å². The van der Waals surface area contributed by atoms with Crippen molar-refractivity contribution in [2.75, 3.05) is 37.7 Å². The first kappa shape index (κ1) is 20.7. The number of piperazine rings is 1. The summed E-state index contributed by atoms with van der Waals surface area (Å²) in [5, 5.41) is 0. The highest BCUT2D eigenvalue weighted by atomic mass is 32.2. The molecule has 0 unspecified atom stereocenters. The normalized spacial score (nSPS) is 15.6. The minimum atomic E-state index is -3.47. The van der Waals surface area contributed by atoms with E-state index < -0.39 is 10.0 Å². The third-order valence-electron chi connectivity index (χ3n) is 5.32. The fourth-order valence-corrected chi connectivity index (χ4v) is 4.72. The van der Waals surface area contributed by atoms with Crippen molar-refractivity contribution in [2.24, 2.45) is 0 Å². The molecule has 0 radical (unpaired) electrons. The summed E-state index contributed by atoms with van der Waals surface area (Å²) in [5.41, 5.74) is 3.69. The third-order valence-corrected chi connectivity index (χ3v) is 7.24. The molecule has 2 aromatic rings. The highest BCUT2D eigenvalue weighted by Crippen LogP contribution is 2.24. The van der Waals surface area contributed by atoms with Gasteiger partial charge in [-0.05, 0) is 67.8 Å². The molecule has 2 aromatic carbocycles. The van der Waals surface area contributed by atoms with Gasteiger partial charge in [-0.1, -0.05) is 19.4 Å². The maximum absolute atomic E-state index is 13.0. The molecule has 0 saturated carbocycles. The summed E-state index contributed by atoms with van der Waals surface area (Å²) in [6.45, 7) is 9.34. The van der Waals surface area contributed by atoms with E-state index in [4.69, 9.17) is 4.74 Å². The first-order valence-corrected chi connectivity index (χ1v) is 11.4. The second kappa shape index (κ2) is 8.97. The van der Waals surface area contributed by atoms with Crippen LogP contribution in [0.5, 0.6) is 5.75 Å². The summed E-state index contributed by atoms with van der Waals surface area (Å²) < 4.78 is 33.1. The molecule has 3 rings (SSSR count). The highest BCUT2D eigenvalue weighted by Gasteiger charge is 2.28. The number of sulfonamides is 1. The van der Waals surface area contributed by atoms with E-state index in [-0.39, 0.29) is 0 Å². The summed E-state index contributed by atoms with van der Waals surface area (Å²) in [4.78, 5) is 2.58. The Labute approximate surface area is 169 Å². The molecule has 6 heteroatoms. The summed E-state index contributed by atoms with van der Waals surface area (Å²) in [6, 6.07) is 13.2. The van der Waals surface area contributed by atoms with Crippen LogP contribution in [0.2, 0.25) is 0 Å². The van der Waals surface area contributed by atoms with Crippen LogP contribution in [-0.2, 0) is 10.0 Å². The number of hydrogen-bond acceptors (Lipinski definition) is 4. The number of hydrogen-bond donors (Lipinski definition) is 0. The van der Waals surface area contributed by atoms with Gasteiger partial charge in [0, 0.05) is 31.9 Å². The Balaban J connectivity index is 1.63. The molecule has 1 aliphatic rings. The summed E-state index contributed by atoms with van der Waals surface area (Å²) >= 11 is 0. The van der Waals surface area contributed by atoms with E-state index in [1.807, 2.05) is 0 Å². The second-order valence-corrected chi connectivity index (χ2v) is 9.27. The fraction of sp³-hybridized carbons (Fsp3) is 0.455. The van der Waals surface area contributed by atoms with Gasteiger partial charge < -0.3 is 9.64 Å². The van der Waals surface area contributed by atoms with Crippen molar-refractivity contribution in [3.05, 3.63) is 53.6 Å². The van der Waals surface area contributed by atoms with Crippen LogP contribution in [0.25, 0.3) is 0 Å². The lowest BCUT2D eigenvalue weighted by Gasteiger charge is -2.35. The van der Waals surface area contributed by atoms with Crippen molar-refractivity contribution in [1.29, 1.82) is 0 Å². The van der Waals surface area contributed by atoms with Gasteiger partial charge in [-0.2, -0.15) is 4.31 Å². The quantitative estimate of drug-likeness (QED) is 0.657. The van der Waals surface area contributed by atoms with Crippen LogP contribution >= 0.6 is 0 Å². The van der Waals surface area contributed by atoms with Gasteiger partial charge in [0.25, 0.3) is 0 Å². The van der Waals surface area contributed by atoms with Crippen molar-refractivity contribution < 1.29 is 13.2 Å². The SMILES string of the molecule is CCCCOc1ccc(S(=O)(=O)N2CCN(c3ccc(C)c(C)c3)CC2)cc1. The lowest BCUT2D eigenvalue weighted by Crippen LogP contribution is -2.48. The monoisotopic (exact) mass is 402 g/mol. The van der Waals surface area contributed by atoms with Gasteiger partial charge in [0.2, 0.25) is 10.0 Å². The number of nitrogens with zero attached hydrogens (tertiary/aromatic N) is 2. The first-order chi connectivity index (χ1) is 13.4. The Hall–Kier alpha value is -2.05. The van der Waals surface area contributed by atoms with Gasteiger partial charge in [-0.25, -0.2) is 8.42 Å². The number of unbranched alkanes of at least 4 members (excludes halogenated alkanes) is 1. The van der Waals surface area contributed by atoms with Crippen molar-refractivity contribution in [2.45, 2.75) is 38.5 Å². The van der Waals surface area contributed by atoms with E-state index in [2.05, 4.69) is 43.9 Å². The zero-order valence-corrected chi connectivity index (χ0v) is 17.8. The minimum absolute atomic E-state index is 0.329. The molecule has 0 aliphatic carbocycles. The molecule has 1 fully saturated rings. The van der Waals surface area contributed by atoms with Crippen LogP contribution in [0, 0.1) is 13.8 Å². The van der Waals surface area contributed by atoms with E-state index >= 15 is 0 Å². The molecule has 28 heavy (non-hydrogen) atoms. The predicted molar refractivity (Wildman–Crippen MR) is 114 cm³/mol. The summed E-state index contributed by atoms with van der Waals surface area (Å²) in [5.74, 6) is 0.715. The zero-order chi connectivity index (χ0) is 20.1. The number of aryl methyl sites for hydroxylation is 2. The first-order valence-electron chi connectivity index (χ1n) is 9.97. The van der Waals surface area contributed by atoms with E-state index in [0.717, 1.165) is 18.5 Å². The van der Waals surface area contributed by atoms with Crippen LogP contribution in [0.15, 0.2) is 47.4 Å². The van der Waals surface area contributed by atoms with E-state index in [1.165, 1.54) is 11.1 Å². The summed E-state index contributed by atoms with van der Waals surface area (Å²) in [7, 11) is -3.47. The van der Waals surface area contributed by atoms with Gasteiger partial charge in [0.15, 0.2) is 0 Å². The molecular weight excluding hydrogens is 372 g/mol. The van der Waals surface area contributed by atoms with Crippen LogP contribution in [0.4, 0.5) is 5.69 Å². The maximum Gasteiger partial charge on any atom is 0.243 e. The standard InChI is InChI=1S/C22H30N2O3S/c1-4-5-16-27-21-8-10-22(11-9-21)28(25,26)24-14-12-23(13-15-24)20-7-6-18(2)19(3)17-20/h6-11,17H,4-5,12-16H2,1-3H3. The molecule has 1 saturated heterocycles. The topological polar surface area (TPSA) is 49.9 Å². The predicted octanol–water partition coefficient (Wildman–Crippen LogP) is 3.99. The lowest BCUT2D eigenvalue weighted by atomic mass is 10.1. The molecule has 0 spiro atoms. The summed E-state index contributed by atoms with van der Waals surface area (Å²) in [6.07, 6.45) is 2.06. The molecule has 0 aromatic heterocycles. The number of ether oxygens (including phenoxy) is 1. The smallest absolute Gasteiger partial charge is 0.243 e. The van der Waals surface area contributed by atoms with E-state index in [1.54, 1.807) is 28.6 Å². The van der Waals surface area contributed by atoms with Gasteiger partial charge >= 0.3 is 0 Å². The molecule has 0 bridgehead atoms. The molecule has 0 amide bonds. The molecular formula is C22H30N2O3S. The number of rotatable bonds is 7. The van der Waals surface area contributed by atoms with Crippen molar-refractivity contribution in [3.8, 4) is 5.75 Å². The molecule has 0 atom stereocenters. The van der Waals surface area contributed by atoms with Crippen LogP contribution < -0.4 is 9.64 Å². The van der Waals surface area contributed by atoms with Crippen molar-refractivity contribution in [3.63, 3.8) is 0 Å². The average molecular weight is 403 g/mol. The Bertz CT molecular complexity index is 886. The Morgan fingerprint density at radius 2 is 1.61 bits per heavy atom. The van der Waals surface area contributed by atoms with Crippen LogP contribution in [-0.4, -0.2) is 45.5 Å². The van der Waals surface area contributed by atoms with Crippen LogP contribution in [0.1, 0.15) is 30.9 Å². The van der Waals surface area contributed by atoms with Gasteiger partial charge in [-0.3, -0.25) is 0 Å². The van der Waals surface area contributed by atoms with E-state index in [9.17, 15) is 8.42 Å². The maximum atomic E-state index is 13.0. The van der Waals surface area contributed by atoms with Gasteiger partial charge in [0.1, 0.15) is 5.75 Å². The van der Waals surface area contributed by atoms with Crippen molar-refractivity contribution >= 4 is 15.7 Å². The molecule has 1 aliphatic heterocycles. The molecule has 152 valence electrons. The minimum Gasteiger partial charge on any atom is -0.494 e. The Morgan fingerprint density at radius 3 is 2.21 bits per heavy atom. The lowest BCUT2D eigenvalue weighted by molar-refractivity contribution is 0.309. The van der Waals surface area contributed by atoms with E-state index in [0.29, 0.717) is 43.4 Å². The highest BCUT2D eigenvalue weighted by molar-refractivity contribution is 7.89. The average Bonchev–Trinajstić information content (AvgIpc) is 2.71.